The van der Waals surface area contributed by atoms with Gasteiger partial charge in [-0.3, -0.25) is 4.79 Å². The number of carbonyl (C=O) groups excluding carboxylic acids is 1. The number of hydrogen-bond donors (Lipinski definition) is 1. The fourth-order valence-corrected chi connectivity index (χ4v) is 3.36. The second kappa shape index (κ2) is 7.61. The van der Waals surface area contributed by atoms with Crippen LogP contribution < -0.4 is 15.0 Å². The molecule has 27 heavy (non-hydrogen) atoms. The van der Waals surface area contributed by atoms with Crippen molar-refractivity contribution in [1.82, 2.24) is 9.97 Å². The number of amides is 1. The molecule has 1 amide bonds. The van der Waals surface area contributed by atoms with Crippen molar-refractivity contribution in [2.45, 2.75) is 19.3 Å². The maximum absolute atomic E-state index is 13.0. The molecule has 1 aliphatic rings. The summed E-state index contributed by atoms with van der Waals surface area (Å²) in [6.45, 7) is 1.79. The lowest BCUT2D eigenvalue weighted by Crippen LogP contribution is -2.33. The van der Waals surface area contributed by atoms with E-state index in [1.807, 2.05) is 42.5 Å². The summed E-state index contributed by atoms with van der Waals surface area (Å²) in [4.78, 5) is 24.6. The number of hydrogen-bond acceptors (Lipinski definition) is 5. The molecule has 0 spiro atoms. The number of rotatable bonds is 4. The predicted molar refractivity (Wildman–Crippen MR) is 107 cm³/mol. The Labute approximate surface area is 158 Å². The van der Waals surface area contributed by atoms with Crippen molar-refractivity contribution in [3.8, 4) is 5.75 Å². The van der Waals surface area contributed by atoms with Crippen molar-refractivity contribution in [3.05, 3.63) is 54.2 Å². The molecule has 1 N–H and O–H groups in total. The van der Waals surface area contributed by atoms with Gasteiger partial charge in [0.05, 0.1) is 18.1 Å². The number of para-hydroxylation sites is 2. The van der Waals surface area contributed by atoms with Gasteiger partial charge in [-0.1, -0.05) is 18.2 Å². The molecule has 2 heterocycles. The van der Waals surface area contributed by atoms with Gasteiger partial charge in [-0.05, 0) is 43.5 Å². The Bertz CT molecular complexity index is 967. The summed E-state index contributed by atoms with van der Waals surface area (Å²) in [7, 11) is 1.60. The quantitative estimate of drug-likeness (QED) is 0.763. The number of aromatic nitrogens is 2. The molecule has 0 atom stereocenters. The van der Waals surface area contributed by atoms with Gasteiger partial charge in [0.15, 0.2) is 11.5 Å². The fraction of sp³-hybridized carbons (Fsp3) is 0.286. The van der Waals surface area contributed by atoms with E-state index in [2.05, 4.69) is 15.2 Å². The van der Waals surface area contributed by atoms with Crippen LogP contribution in [0.25, 0.3) is 11.0 Å². The third kappa shape index (κ3) is 3.69. The number of methoxy groups -OCH3 is 1. The van der Waals surface area contributed by atoms with Crippen LogP contribution in [0.3, 0.4) is 0 Å². The maximum Gasteiger partial charge on any atom is 0.278 e. The van der Waals surface area contributed by atoms with Crippen LogP contribution in [0, 0.1) is 0 Å². The highest BCUT2D eigenvalue weighted by Crippen LogP contribution is 2.25. The molecule has 0 unspecified atom stereocenters. The second-order valence-electron chi connectivity index (χ2n) is 6.62. The number of ether oxygens (including phenoxy) is 1. The summed E-state index contributed by atoms with van der Waals surface area (Å²) in [5.41, 5.74) is 2.54. The summed E-state index contributed by atoms with van der Waals surface area (Å²) in [6.07, 6.45) is 3.42. The Hall–Kier alpha value is -3.15. The normalized spacial score (nSPS) is 14.2. The smallest absolute Gasteiger partial charge is 0.278 e. The van der Waals surface area contributed by atoms with E-state index < -0.39 is 0 Å². The average Bonchev–Trinajstić information content (AvgIpc) is 2.73. The summed E-state index contributed by atoms with van der Waals surface area (Å²) < 4.78 is 5.23. The summed E-state index contributed by atoms with van der Waals surface area (Å²) >= 11 is 0. The van der Waals surface area contributed by atoms with Gasteiger partial charge in [0, 0.05) is 24.8 Å². The molecule has 6 heteroatoms. The molecular weight excluding hydrogens is 340 g/mol. The topological polar surface area (TPSA) is 67.3 Å². The zero-order valence-corrected chi connectivity index (χ0v) is 15.3. The van der Waals surface area contributed by atoms with E-state index in [1.165, 1.54) is 6.42 Å². The third-order valence-corrected chi connectivity index (χ3v) is 4.75. The number of fused-ring (bicyclic) bond motifs is 1. The van der Waals surface area contributed by atoms with Crippen molar-refractivity contribution < 1.29 is 9.53 Å². The maximum atomic E-state index is 13.0. The first-order valence-corrected chi connectivity index (χ1v) is 9.22. The Kier molecular flexibility index (Phi) is 4.87. The lowest BCUT2D eigenvalue weighted by molar-refractivity contribution is 0.102. The second-order valence-corrected chi connectivity index (χ2v) is 6.62. The molecule has 2 aromatic carbocycles. The first-order chi connectivity index (χ1) is 13.2. The highest BCUT2D eigenvalue weighted by Gasteiger charge is 2.23. The summed E-state index contributed by atoms with van der Waals surface area (Å²) in [6, 6.07) is 14.9. The zero-order valence-electron chi connectivity index (χ0n) is 15.3. The molecule has 1 aromatic heterocycles. The Morgan fingerprint density at radius 3 is 2.48 bits per heavy atom. The van der Waals surface area contributed by atoms with E-state index in [9.17, 15) is 4.79 Å². The van der Waals surface area contributed by atoms with E-state index in [1.54, 1.807) is 13.2 Å². The number of anilines is 2. The SMILES string of the molecule is COc1cccc(NC(=O)c2nc3ccccc3nc2N2CCCCC2)c1. The first-order valence-electron chi connectivity index (χ1n) is 9.22. The van der Waals surface area contributed by atoms with Gasteiger partial charge in [-0.2, -0.15) is 0 Å². The lowest BCUT2D eigenvalue weighted by atomic mass is 10.1. The van der Waals surface area contributed by atoms with Crippen molar-refractivity contribution in [2.24, 2.45) is 0 Å². The Morgan fingerprint density at radius 1 is 1.00 bits per heavy atom. The molecule has 3 aromatic rings. The van der Waals surface area contributed by atoms with E-state index in [0.717, 1.165) is 31.4 Å². The van der Waals surface area contributed by atoms with Crippen LogP contribution in [-0.2, 0) is 0 Å². The Balaban J connectivity index is 1.72. The van der Waals surface area contributed by atoms with Gasteiger partial charge < -0.3 is 15.0 Å². The highest BCUT2D eigenvalue weighted by atomic mass is 16.5. The standard InChI is InChI=1S/C21H22N4O2/c1-27-16-9-7-8-15(14-16)22-21(26)19-20(25-12-5-2-6-13-25)24-18-11-4-3-10-17(18)23-19/h3-4,7-11,14H,2,5-6,12-13H2,1H3,(H,22,26). The highest BCUT2D eigenvalue weighted by molar-refractivity contribution is 6.07. The Morgan fingerprint density at radius 2 is 1.74 bits per heavy atom. The third-order valence-electron chi connectivity index (χ3n) is 4.75. The molecular formula is C21H22N4O2. The largest absolute Gasteiger partial charge is 0.497 e. The molecule has 1 saturated heterocycles. The summed E-state index contributed by atoms with van der Waals surface area (Å²) in [5, 5.41) is 2.93. The number of carbonyl (C=O) groups is 1. The van der Waals surface area contributed by atoms with E-state index in [-0.39, 0.29) is 5.91 Å². The monoisotopic (exact) mass is 362 g/mol. The zero-order chi connectivity index (χ0) is 18.6. The molecule has 0 radical (unpaired) electrons. The number of benzene rings is 2. The molecule has 1 aliphatic heterocycles. The van der Waals surface area contributed by atoms with Gasteiger partial charge in [0.25, 0.3) is 5.91 Å². The molecule has 0 aliphatic carbocycles. The van der Waals surface area contributed by atoms with Crippen molar-refractivity contribution in [1.29, 1.82) is 0 Å². The van der Waals surface area contributed by atoms with Gasteiger partial charge in [0.1, 0.15) is 5.75 Å². The van der Waals surface area contributed by atoms with Crippen molar-refractivity contribution >= 4 is 28.4 Å². The molecule has 0 saturated carbocycles. The molecule has 138 valence electrons. The van der Waals surface area contributed by atoms with Gasteiger partial charge in [-0.25, -0.2) is 9.97 Å². The van der Waals surface area contributed by atoms with Crippen LogP contribution in [0.15, 0.2) is 48.5 Å². The number of piperidine rings is 1. The molecule has 4 rings (SSSR count). The lowest BCUT2D eigenvalue weighted by Gasteiger charge is -2.29. The minimum Gasteiger partial charge on any atom is -0.497 e. The van der Waals surface area contributed by atoms with Crippen LogP contribution in [0.2, 0.25) is 0 Å². The minimum atomic E-state index is -0.262. The summed E-state index contributed by atoms with van der Waals surface area (Å²) in [5.74, 6) is 1.09. The molecule has 6 nitrogen and oxygen atoms in total. The minimum absolute atomic E-state index is 0.262. The number of nitrogens with one attached hydrogen (secondary N) is 1. The van der Waals surface area contributed by atoms with E-state index in [0.29, 0.717) is 28.5 Å². The van der Waals surface area contributed by atoms with E-state index in [4.69, 9.17) is 9.72 Å². The van der Waals surface area contributed by atoms with Gasteiger partial charge >= 0.3 is 0 Å². The van der Waals surface area contributed by atoms with E-state index >= 15 is 0 Å². The van der Waals surface area contributed by atoms with Crippen LogP contribution in [0.4, 0.5) is 11.5 Å². The average molecular weight is 362 g/mol. The van der Waals surface area contributed by atoms with Crippen LogP contribution in [0.5, 0.6) is 5.75 Å². The van der Waals surface area contributed by atoms with Crippen LogP contribution in [-0.4, -0.2) is 36.1 Å². The molecule has 1 fully saturated rings. The first kappa shape index (κ1) is 17.3. The van der Waals surface area contributed by atoms with Crippen molar-refractivity contribution in [2.75, 3.05) is 30.4 Å². The van der Waals surface area contributed by atoms with Crippen molar-refractivity contribution in [3.63, 3.8) is 0 Å². The van der Waals surface area contributed by atoms with Gasteiger partial charge in [0.2, 0.25) is 0 Å². The van der Waals surface area contributed by atoms with Crippen LogP contribution in [0.1, 0.15) is 29.8 Å². The van der Waals surface area contributed by atoms with Crippen LogP contribution >= 0.6 is 0 Å². The molecule has 0 bridgehead atoms. The number of nitrogens with zero attached hydrogens (tertiary/aromatic N) is 3. The van der Waals surface area contributed by atoms with Gasteiger partial charge in [-0.15, -0.1) is 0 Å². The fourth-order valence-electron chi connectivity index (χ4n) is 3.36. The predicted octanol–water partition coefficient (Wildman–Crippen LogP) is 3.88.